The molecule has 0 radical (unpaired) electrons. The summed E-state index contributed by atoms with van der Waals surface area (Å²) in [5.74, 6) is 0.893. The Kier molecular flexibility index (Phi) is 4.72. The van der Waals surface area contributed by atoms with E-state index in [2.05, 4.69) is 15.6 Å². The Bertz CT molecular complexity index is 334. The molecule has 1 heterocycles. The van der Waals surface area contributed by atoms with Crippen LogP contribution >= 0.6 is 0 Å². The molecule has 0 fully saturated rings. The van der Waals surface area contributed by atoms with Crippen molar-refractivity contribution in [2.75, 3.05) is 32.6 Å². The van der Waals surface area contributed by atoms with Crippen molar-refractivity contribution in [3.8, 4) is 0 Å². The maximum absolute atomic E-state index is 11.2. The smallest absolute Gasteiger partial charge is 0.234 e. The highest BCUT2D eigenvalue weighted by Gasteiger charge is 2.00. The number of aromatic nitrogens is 1. The molecule has 1 amide bonds. The van der Waals surface area contributed by atoms with Crippen LogP contribution in [0, 0.1) is 0 Å². The Morgan fingerprint density at radius 2 is 2.19 bits per heavy atom. The Hall–Kier alpha value is -1.62. The molecule has 1 aromatic heterocycles. The molecule has 0 bridgehead atoms. The van der Waals surface area contributed by atoms with Gasteiger partial charge in [0, 0.05) is 26.8 Å². The molecule has 88 valence electrons. The van der Waals surface area contributed by atoms with Crippen molar-refractivity contribution >= 4 is 11.7 Å². The van der Waals surface area contributed by atoms with E-state index in [4.69, 9.17) is 0 Å². The van der Waals surface area contributed by atoms with E-state index in [0.717, 1.165) is 11.4 Å². The summed E-state index contributed by atoms with van der Waals surface area (Å²) in [6.07, 6.45) is 1.77. The second-order valence-electron chi connectivity index (χ2n) is 3.73. The number of carbonyl (C=O) groups is 1. The number of hydrogen-bond donors (Lipinski definition) is 2. The van der Waals surface area contributed by atoms with Crippen LogP contribution in [0.3, 0.4) is 0 Å². The van der Waals surface area contributed by atoms with E-state index >= 15 is 0 Å². The number of nitrogens with one attached hydrogen (secondary N) is 2. The Balaban J connectivity index is 2.46. The van der Waals surface area contributed by atoms with E-state index in [-0.39, 0.29) is 5.91 Å². The molecule has 0 aliphatic rings. The molecule has 2 N–H and O–H groups in total. The van der Waals surface area contributed by atoms with Gasteiger partial charge in [-0.25, -0.2) is 4.98 Å². The van der Waals surface area contributed by atoms with Crippen LogP contribution in [-0.4, -0.2) is 38.6 Å². The molecule has 0 aliphatic carbocycles. The highest BCUT2D eigenvalue weighted by molar-refractivity contribution is 5.77. The summed E-state index contributed by atoms with van der Waals surface area (Å²) in [5.41, 5.74) is 0.995. The summed E-state index contributed by atoms with van der Waals surface area (Å²) in [5, 5.41) is 5.59. The average Bonchev–Trinajstić information content (AvgIpc) is 2.27. The maximum Gasteiger partial charge on any atom is 0.234 e. The van der Waals surface area contributed by atoms with Gasteiger partial charge < -0.3 is 15.5 Å². The zero-order valence-electron chi connectivity index (χ0n) is 9.95. The van der Waals surface area contributed by atoms with Gasteiger partial charge in [-0.2, -0.15) is 0 Å². The van der Waals surface area contributed by atoms with E-state index in [1.807, 2.05) is 31.1 Å². The third kappa shape index (κ3) is 3.86. The van der Waals surface area contributed by atoms with Gasteiger partial charge in [0.05, 0.1) is 6.54 Å². The van der Waals surface area contributed by atoms with Crippen molar-refractivity contribution < 1.29 is 4.79 Å². The lowest BCUT2D eigenvalue weighted by atomic mass is 10.3. The second kappa shape index (κ2) is 6.07. The lowest BCUT2D eigenvalue weighted by Gasteiger charge is -2.11. The third-order valence-electron chi connectivity index (χ3n) is 2.09. The van der Waals surface area contributed by atoms with Crippen molar-refractivity contribution in [2.45, 2.75) is 6.54 Å². The fraction of sp³-hybridized carbons (Fsp3) is 0.455. The molecule has 16 heavy (non-hydrogen) atoms. The minimum absolute atomic E-state index is 0.0146. The SMILES string of the molecule is CNCC(=O)NCc1ccc(N(C)C)nc1. The number of likely N-dealkylation sites (N-methyl/N-ethyl adjacent to an activating group) is 1. The third-order valence-corrected chi connectivity index (χ3v) is 2.09. The van der Waals surface area contributed by atoms with E-state index < -0.39 is 0 Å². The van der Waals surface area contributed by atoms with Gasteiger partial charge in [-0.1, -0.05) is 6.07 Å². The van der Waals surface area contributed by atoms with Gasteiger partial charge in [-0.3, -0.25) is 4.79 Å². The van der Waals surface area contributed by atoms with Gasteiger partial charge in [-0.05, 0) is 18.7 Å². The van der Waals surface area contributed by atoms with Crippen LogP contribution in [0.25, 0.3) is 0 Å². The quantitative estimate of drug-likeness (QED) is 0.735. The first-order chi connectivity index (χ1) is 7.63. The number of hydrogen-bond acceptors (Lipinski definition) is 4. The predicted molar refractivity (Wildman–Crippen MR) is 64.3 cm³/mol. The topological polar surface area (TPSA) is 57.3 Å². The number of amides is 1. The first kappa shape index (κ1) is 12.4. The number of anilines is 1. The van der Waals surface area contributed by atoms with Crippen molar-refractivity contribution in [1.82, 2.24) is 15.6 Å². The zero-order chi connectivity index (χ0) is 12.0. The van der Waals surface area contributed by atoms with Crippen LogP contribution in [0.15, 0.2) is 18.3 Å². The van der Waals surface area contributed by atoms with Gasteiger partial charge in [-0.15, -0.1) is 0 Å². The maximum atomic E-state index is 11.2. The fourth-order valence-corrected chi connectivity index (χ4v) is 1.21. The van der Waals surface area contributed by atoms with Crippen LogP contribution in [0.1, 0.15) is 5.56 Å². The number of carbonyl (C=O) groups excluding carboxylic acids is 1. The minimum Gasteiger partial charge on any atom is -0.363 e. The Labute approximate surface area is 95.9 Å². The summed E-state index contributed by atoms with van der Waals surface area (Å²) >= 11 is 0. The van der Waals surface area contributed by atoms with Crippen LogP contribution in [0.2, 0.25) is 0 Å². The van der Waals surface area contributed by atoms with Crippen molar-refractivity contribution in [3.05, 3.63) is 23.9 Å². The lowest BCUT2D eigenvalue weighted by Crippen LogP contribution is -2.31. The van der Waals surface area contributed by atoms with Crippen LogP contribution in [0.4, 0.5) is 5.82 Å². The summed E-state index contributed by atoms with van der Waals surface area (Å²) in [6, 6.07) is 3.89. The molecular weight excluding hydrogens is 204 g/mol. The largest absolute Gasteiger partial charge is 0.363 e. The summed E-state index contributed by atoms with van der Waals surface area (Å²) in [6.45, 7) is 0.852. The highest BCUT2D eigenvalue weighted by atomic mass is 16.1. The summed E-state index contributed by atoms with van der Waals surface area (Å²) < 4.78 is 0. The van der Waals surface area contributed by atoms with Crippen molar-refractivity contribution in [2.24, 2.45) is 0 Å². The standard InChI is InChI=1S/C11H18N4O/c1-12-8-11(16)14-7-9-4-5-10(13-6-9)15(2)3/h4-6,12H,7-8H2,1-3H3,(H,14,16). The molecule has 0 saturated heterocycles. The van der Waals surface area contributed by atoms with Gasteiger partial charge in [0.25, 0.3) is 0 Å². The molecule has 0 aliphatic heterocycles. The van der Waals surface area contributed by atoms with Crippen LogP contribution < -0.4 is 15.5 Å². The molecular formula is C11H18N4O. The molecule has 0 spiro atoms. The summed E-state index contributed by atoms with van der Waals surface area (Å²) in [7, 11) is 5.63. The second-order valence-corrected chi connectivity index (χ2v) is 3.73. The predicted octanol–water partition coefficient (Wildman–Crippen LogP) is -0.0168. The average molecular weight is 222 g/mol. The molecule has 0 saturated carbocycles. The summed E-state index contributed by atoms with van der Waals surface area (Å²) in [4.78, 5) is 17.4. The molecule has 5 nitrogen and oxygen atoms in total. The molecule has 1 rings (SSSR count). The van der Waals surface area contributed by atoms with Crippen LogP contribution in [0.5, 0.6) is 0 Å². The van der Waals surface area contributed by atoms with E-state index in [1.165, 1.54) is 0 Å². The van der Waals surface area contributed by atoms with Crippen molar-refractivity contribution in [1.29, 1.82) is 0 Å². The van der Waals surface area contributed by atoms with Crippen LogP contribution in [-0.2, 0) is 11.3 Å². The molecule has 0 aromatic carbocycles. The Morgan fingerprint density at radius 3 is 2.69 bits per heavy atom. The lowest BCUT2D eigenvalue weighted by molar-refractivity contribution is -0.120. The number of nitrogens with zero attached hydrogens (tertiary/aromatic N) is 2. The van der Waals surface area contributed by atoms with Gasteiger partial charge in [0.1, 0.15) is 5.82 Å². The van der Waals surface area contributed by atoms with E-state index in [0.29, 0.717) is 13.1 Å². The minimum atomic E-state index is -0.0146. The first-order valence-corrected chi connectivity index (χ1v) is 5.17. The number of pyridine rings is 1. The van der Waals surface area contributed by atoms with Gasteiger partial charge in [0.2, 0.25) is 5.91 Å². The molecule has 0 unspecified atom stereocenters. The first-order valence-electron chi connectivity index (χ1n) is 5.17. The highest BCUT2D eigenvalue weighted by Crippen LogP contribution is 2.07. The normalized spacial score (nSPS) is 9.94. The Morgan fingerprint density at radius 1 is 1.44 bits per heavy atom. The monoisotopic (exact) mass is 222 g/mol. The molecule has 0 atom stereocenters. The van der Waals surface area contributed by atoms with E-state index in [9.17, 15) is 4.79 Å². The fourth-order valence-electron chi connectivity index (χ4n) is 1.21. The van der Waals surface area contributed by atoms with Crippen molar-refractivity contribution in [3.63, 3.8) is 0 Å². The zero-order valence-corrected chi connectivity index (χ0v) is 9.95. The molecule has 1 aromatic rings. The van der Waals surface area contributed by atoms with Gasteiger partial charge >= 0.3 is 0 Å². The molecule has 5 heteroatoms. The van der Waals surface area contributed by atoms with E-state index in [1.54, 1.807) is 13.2 Å². The van der Waals surface area contributed by atoms with Gasteiger partial charge in [0.15, 0.2) is 0 Å². The number of rotatable bonds is 5.